The smallest absolute Gasteiger partial charge is 0.283 e. The second-order valence-corrected chi connectivity index (χ2v) is 7.07. The molecule has 0 spiro atoms. The lowest BCUT2D eigenvalue weighted by molar-refractivity contribution is 0.178. The Kier molecular flexibility index (Phi) is 4.64. The van der Waals surface area contributed by atoms with Crippen molar-refractivity contribution in [3.8, 4) is 0 Å². The SMILES string of the molecule is O=c1c(Br)c(NC2CCCCC2CO)cnn1CC1CC1. The molecule has 2 atom stereocenters. The average Bonchev–Trinajstić information content (AvgIpc) is 3.31. The molecule has 0 aliphatic heterocycles. The fourth-order valence-corrected chi connectivity index (χ4v) is 3.48. The molecule has 0 amide bonds. The van der Waals surface area contributed by atoms with Gasteiger partial charge in [0.25, 0.3) is 5.56 Å². The summed E-state index contributed by atoms with van der Waals surface area (Å²) in [7, 11) is 0. The van der Waals surface area contributed by atoms with Crippen LogP contribution < -0.4 is 10.9 Å². The monoisotopic (exact) mass is 355 g/mol. The Morgan fingerprint density at radius 2 is 2.10 bits per heavy atom. The van der Waals surface area contributed by atoms with Gasteiger partial charge >= 0.3 is 0 Å². The molecule has 5 nitrogen and oxygen atoms in total. The van der Waals surface area contributed by atoms with Gasteiger partial charge in [0.1, 0.15) is 4.47 Å². The zero-order chi connectivity index (χ0) is 14.8. The minimum absolute atomic E-state index is 0.0664. The highest BCUT2D eigenvalue weighted by Crippen LogP contribution is 2.31. The molecule has 2 N–H and O–H groups in total. The first-order valence-corrected chi connectivity index (χ1v) is 8.61. The van der Waals surface area contributed by atoms with Gasteiger partial charge in [0, 0.05) is 25.1 Å². The van der Waals surface area contributed by atoms with Crippen LogP contribution in [0, 0.1) is 11.8 Å². The van der Waals surface area contributed by atoms with Gasteiger partial charge in [0.15, 0.2) is 0 Å². The molecule has 0 aromatic carbocycles. The predicted octanol–water partition coefficient (Wildman–Crippen LogP) is 2.38. The number of halogens is 1. The Morgan fingerprint density at radius 1 is 1.33 bits per heavy atom. The number of nitrogens with one attached hydrogen (secondary N) is 1. The fourth-order valence-electron chi connectivity index (χ4n) is 3.06. The van der Waals surface area contributed by atoms with Gasteiger partial charge in [0.2, 0.25) is 0 Å². The summed E-state index contributed by atoms with van der Waals surface area (Å²) in [6.45, 7) is 0.919. The summed E-state index contributed by atoms with van der Waals surface area (Å²) in [5, 5.41) is 17.2. The minimum Gasteiger partial charge on any atom is -0.396 e. The minimum atomic E-state index is -0.0664. The van der Waals surface area contributed by atoms with Crippen molar-refractivity contribution in [3.63, 3.8) is 0 Å². The number of aromatic nitrogens is 2. The van der Waals surface area contributed by atoms with Crippen LogP contribution in [0.25, 0.3) is 0 Å². The van der Waals surface area contributed by atoms with E-state index in [-0.39, 0.29) is 24.1 Å². The molecule has 0 radical (unpaired) electrons. The standard InChI is InChI=1S/C15H22BrN3O2/c16-14-13(18-12-4-2-1-3-11(12)9-20)7-17-19(15(14)21)8-10-5-6-10/h7,10-12,18,20H,1-6,8-9H2. The van der Waals surface area contributed by atoms with Crippen LogP contribution in [0.1, 0.15) is 38.5 Å². The lowest BCUT2D eigenvalue weighted by atomic mass is 9.85. The lowest BCUT2D eigenvalue weighted by Gasteiger charge is -2.31. The Bertz CT molecular complexity index is 556. The van der Waals surface area contributed by atoms with Gasteiger partial charge in [0.05, 0.1) is 11.9 Å². The van der Waals surface area contributed by atoms with Crippen molar-refractivity contribution in [3.05, 3.63) is 21.0 Å². The van der Waals surface area contributed by atoms with Crippen LogP contribution >= 0.6 is 15.9 Å². The molecule has 2 saturated carbocycles. The third-order valence-electron chi connectivity index (χ3n) is 4.60. The quantitative estimate of drug-likeness (QED) is 0.850. The van der Waals surface area contributed by atoms with Crippen molar-refractivity contribution in [1.82, 2.24) is 9.78 Å². The summed E-state index contributed by atoms with van der Waals surface area (Å²) >= 11 is 3.41. The number of hydrogen-bond donors (Lipinski definition) is 2. The molecule has 21 heavy (non-hydrogen) atoms. The fraction of sp³-hybridized carbons (Fsp3) is 0.733. The van der Waals surface area contributed by atoms with E-state index in [2.05, 4.69) is 26.3 Å². The van der Waals surface area contributed by atoms with Crippen molar-refractivity contribution >= 4 is 21.6 Å². The van der Waals surface area contributed by atoms with Gasteiger partial charge in [-0.05, 0) is 47.5 Å². The first kappa shape index (κ1) is 15.0. The summed E-state index contributed by atoms with van der Waals surface area (Å²) in [6, 6.07) is 0.223. The largest absolute Gasteiger partial charge is 0.396 e. The van der Waals surface area contributed by atoms with Gasteiger partial charge < -0.3 is 10.4 Å². The van der Waals surface area contributed by atoms with Crippen LogP contribution in [0.2, 0.25) is 0 Å². The van der Waals surface area contributed by atoms with E-state index >= 15 is 0 Å². The molecule has 116 valence electrons. The van der Waals surface area contributed by atoms with E-state index in [0.717, 1.165) is 31.5 Å². The maximum Gasteiger partial charge on any atom is 0.283 e. The summed E-state index contributed by atoms with van der Waals surface area (Å²) in [6.07, 6.45) is 8.54. The van der Waals surface area contributed by atoms with Gasteiger partial charge in [-0.3, -0.25) is 4.79 Å². The molecule has 0 saturated heterocycles. The Labute approximate surface area is 132 Å². The zero-order valence-electron chi connectivity index (χ0n) is 12.1. The third-order valence-corrected chi connectivity index (χ3v) is 5.36. The lowest BCUT2D eigenvalue weighted by Crippen LogP contribution is -2.35. The highest BCUT2D eigenvalue weighted by Gasteiger charge is 2.26. The highest BCUT2D eigenvalue weighted by atomic mass is 79.9. The van der Waals surface area contributed by atoms with Crippen molar-refractivity contribution in [2.24, 2.45) is 11.8 Å². The molecule has 1 heterocycles. The van der Waals surface area contributed by atoms with E-state index in [1.54, 1.807) is 10.9 Å². The predicted molar refractivity (Wildman–Crippen MR) is 85.4 cm³/mol. The summed E-state index contributed by atoms with van der Waals surface area (Å²) in [4.78, 5) is 12.3. The van der Waals surface area contributed by atoms with Crippen molar-refractivity contribution < 1.29 is 5.11 Å². The van der Waals surface area contributed by atoms with Crippen LogP contribution in [0.5, 0.6) is 0 Å². The highest BCUT2D eigenvalue weighted by molar-refractivity contribution is 9.10. The zero-order valence-corrected chi connectivity index (χ0v) is 13.7. The van der Waals surface area contributed by atoms with Gasteiger partial charge in [-0.2, -0.15) is 5.10 Å². The molecule has 1 aromatic heterocycles. The molecular formula is C15H22BrN3O2. The second kappa shape index (κ2) is 6.48. The van der Waals surface area contributed by atoms with Crippen molar-refractivity contribution in [2.45, 2.75) is 51.1 Å². The van der Waals surface area contributed by atoms with Gasteiger partial charge in [-0.25, -0.2) is 4.68 Å². The van der Waals surface area contributed by atoms with Gasteiger partial charge in [-0.15, -0.1) is 0 Å². The number of anilines is 1. The molecule has 2 unspecified atom stereocenters. The molecular weight excluding hydrogens is 334 g/mol. The van der Waals surface area contributed by atoms with Crippen molar-refractivity contribution in [2.75, 3.05) is 11.9 Å². The van der Waals surface area contributed by atoms with Gasteiger partial charge in [-0.1, -0.05) is 12.8 Å². The molecule has 2 aliphatic carbocycles. The van der Waals surface area contributed by atoms with Crippen LogP contribution in [0.15, 0.2) is 15.5 Å². The van der Waals surface area contributed by atoms with Crippen LogP contribution in [-0.4, -0.2) is 27.5 Å². The van der Waals surface area contributed by atoms with Crippen molar-refractivity contribution in [1.29, 1.82) is 0 Å². The molecule has 3 rings (SSSR count). The number of rotatable bonds is 5. The van der Waals surface area contributed by atoms with E-state index in [9.17, 15) is 9.90 Å². The Hall–Kier alpha value is -0.880. The topological polar surface area (TPSA) is 67.2 Å². The summed E-state index contributed by atoms with van der Waals surface area (Å²) in [5.74, 6) is 0.887. The van der Waals surface area contributed by atoms with Crippen LogP contribution in [0.4, 0.5) is 5.69 Å². The molecule has 2 fully saturated rings. The number of nitrogens with zero attached hydrogens (tertiary/aromatic N) is 2. The van der Waals surface area contributed by atoms with Crippen LogP contribution in [-0.2, 0) is 6.54 Å². The van der Waals surface area contributed by atoms with E-state index < -0.39 is 0 Å². The second-order valence-electron chi connectivity index (χ2n) is 6.28. The summed E-state index contributed by atoms with van der Waals surface area (Å²) < 4.78 is 2.11. The van der Waals surface area contributed by atoms with E-state index in [1.807, 2.05) is 0 Å². The maximum absolute atomic E-state index is 12.3. The molecule has 0 bridgehead atoms. The third kappa shape index (κ3) is 3.48. The maximum atomic E-state index is 12.3. The first-order valence-electron chi connectivity index (χ1n) is 7.82. The Balaban J connectivity index is 1.75. The van der Waals surface area contributed by atoms with E-state index in [4.69, 9.17) is 0 Å². The first-order chi connectivity index (χ1) is 10.2. The molecule has 6 heteroatoms. The normalized spacial score (nSPS) is 25.8. The number of aliphatic hydroxyl groups excluding tert-OH is 1. The van der Waals surface area contributed by atoms with Crippen LogP contribution in [0.3, 0.4) is 0 Å². The van der Waals surface area contributed by atoms with E-state index in [1.165, 1.54) is 19.3 Å². The number of aliphatic hydroxyl groups is 1. The Morgan fingerprint density at radius 3 is 2.81 bits per heavy atom. The average molecular weight is 356 g/mol. The number of hydrogen-bond acceptors (Lipinski definition) is 4. The van der Waals surface area contributed by atoms with E-state index in [0.29, 0.717) is 10.4 Å². The summed E-state index contributed by atoms with van der Waals surface area (Å²) in [5.41, 5.74) is 0.681. The molecule has 2 aliphatic rings. The molecule has 1 aromatic rings.